The minimum absolute atomic E-state index is 0.00790. The Hall–Kier alpha value is -1.81. The predicted octanol–water partition coefficient (Wildman–Crippen LogP) is 1.07. The molecule has 0 aliphatic carbocycles. The van der Waals surface area contributed by atoms with E-state index in [1.165, 1.54) is 13.2 Å². The lowest BCUT2D eigenvalue weighted by Crippen LogP contribution is -2.41. The van der Waals surface area contributed by atoms with Gasteiger partial charge in [-0.05, 0) is 13.5 Å². The Balaban J connectivity index is 2.43. The van der Waals surface area contributed by atoms with Gasteiger partial charge >= 0.3 is 6.18 Å². The summed E-state index contributed by atoms with van der Waals surface area (Å²) < 4.78 is 44.9. The molecule has 0 aliphatic heterocycles. The van der Waals surface area contributed by atoms with E-state index in [-0.39, 0.29) is 12.1 Å². The molecule has 1 aromatic rings. The van der Waals surface area contributed by atoms with Crippen LogP contribution in [0.15, 0.2) is 11.2 Å². The second-order valence-corrected chi connectivity index (χ2v) is 5.68. The van der Waals surface area contributed by atoms with Crippen LogP contribution in [-0.4, -0.2) is 68.1 Å². The maximum atomic E-state index is 12.9. The Bertz CT molecular complexity index is 544. The molecule has 0 amide bonds. The SMILES string of the molecule is CN=C(NCCN(C)CCCOC)NCc1cn(C)nc1C(F)(F)F. The summed E-state index contributed by atoms with van der Waals surface area (Å²) in [5, 5.41) is 9.45. The standard InChI is InChI=1S/C15H27F3N6O/c1-19-14(20-6-8-23(2)7-5-9-25-4)21-10-12-11-24(3)22-13(12)15(16,17)18/h11H,5-10H2,1-4H3,(H2,19,20,21). The van der Waals surface area contributed by atoms with Crippen LogP contribution >= 0.6 is 0 Å². The number of rotatable bonds is 9. The molecule has 0 radical (unpaired) electrons. The van der Waals surface area contributed by atoms with Gasteiger partial charge in [-0.15, -0.1) is 0 Å². The topological polar surface area (TPSA) is 66.7 Å². The number of aliphatic imine (C=N–C) groups is 1. The van der Waals surface area contributed by atoms with Crippen LogP contribution in [0.4, 0.5) is 13.2 Å². The van der Waals surface area contributed by atoms with Gasteiger partial charge in [-0.3, -0.25) is 9.67 Å². The van der Waals surface area contributed by atoms with Crippen LogP contribution in [0.1, 0.15) is 17.7 Å². The molecular weight excluding hydrogens is 337 g/mol. The van der Waals surface area contributed by atoms with Gasteiger partial charge in [0.25, 0.3) is 0 Å². The molecule has 10 heteroatoms. The van der Waals surface area contributed by atoms with Crippen molar-refractivity contribution in [3.8, 4) is 0 Å². The summed E-state index contributed by atoms with van der Waals surface area (Å²) in [5.41, 5.74) is -0.800. The largest absolute Gasteiger partial charge is 0.435 e. The predicted molar refractivity (Wildman–Crippen MR) is 90.4 cm³/mol. The number of halogens is 3. The Morgan fingerprint density at radius 2 is 2.08 bits per heavy atom. The number of ether oxygens (including phenoxy) is 1. The fourth-order valence-electron chi connectivity index (χ4n) is 2.26. The van der Waals surface area contributed by atoms with Gasteiger partial charge in [0.1, 0.15) is 0 Å². The maximum absolute atomic E-state index is 12.9. The Morgan fingerprint density at radius 3 is 2.68 bits per heavy atom. The Kier molecular flexibility index (Phi) is 8.70. The van der Waals surface area contributed by atoms with Crippen molar-refractivity contribution in [3.63, 3.8) is 0 Å². The van der Waals surface area contributed by atoms with Crippen molar-refractivity contribution in [2.75, 3.05) is 47.4 Å². The fourth-order valence-corrected chi connectivity index (χ4v) is 2.26. The first-order chi connectivity index (χ1) is 11.8. The molecule has 25 heavy (non-hydrogen) atoms. The van der Waals surface area contributed by atoms with Crippen molar-refractivity contribution in [1.29, 1.82) is 0 Å². The van der Waals surface area contributed by atoms with Crippen LogP contribution in [0.25, 0.3) is 0 Å². The third-order valence-corrected chi connectivity index (χ3v) is 3.52. The van der Waals surface area contributed by atoms with Crippen LogP contribution in [0.2, 0.25) is 0 Å². The molecule has 144 valence electrons. The van der Waals surface area contributed by atoms with Gasteiger partial charge in [0.05, 0.1) is 0 Å². The molecule has 0 aromatic carbocycles. The molecule has 0 aliphatic rings. The van der Waals surface area contributed by atoms with Gasteiger partial charge in [0.15, 0.2) is 11.7 Å². The van der Waals surface area contributed by atoms with Gasteiger partial charge in [-0.2, -0.15) is 18.3 Å². The third kappa shape index (κ3) is 7.74. The van der Waals surface area contributed by atoms with Crippen LogP contribution in [-0.2, 0) is 24.5 Å². The van der Waals surface area contributed by atoms with E-state index in [0.717, 1.165) is 24.2 Å². The van der Waals surface area contributed by atoms with Crippen LogP contribution in [0.3, 0.4) is 0 Å². The van der Waals surface area contributed by atoms with E-state index in [2.05, 4.69) is 25.6 Å². The lowest BCUT2D eigenvalue weighted by molar-refractivity contribution is -0.142. The number of methoxy groups -OCH3 is 1. The van der Waals surface area contributed by atoms with E-state index in [9.17, 15) is 13.2 Å². The number of guanidine groups is 1. The highest BCUT2D eigenvalue weighted by molar-refractivity contribution is 5.79. The van der Waals surface area contributed by atoms with Gasteiger partial charge < -0.3 is 20.3 Å². The minimum atomic E-state index is -4.47. The Labute approximate surface area is 146 Å². The van der Waals surface area contributed by atoms with E-state index in [1.54, 1.807) is 14.2 Å². The molecule has 1 heterocycles. The van der Waals surface area contributed by atoms with Crippen molar-refractivity contribution in [3.05, 3.63) is 17.5 Å². The molecule has 1 aromatic heterocycles. The molecule has 0 bridgehead atoms. The van der Waals surface area contributed by atoms with Crippen LogP contribution < -0.4 is 10.6 Å². The fraction of sp³-hybridized carbons (Fsp3) is 0.733. The highest BCUT2D eigenvalue weighted by Gasteiger charge is 2.36. The summed E-state index contributed by atoms with van der Waals surface area (Å²) in [6.45, 7) is 3.03. The van der Waals surface area contributed by atoms with Crippen molar-refractivity contribution in [1.82, 2.24) is 25.3 Å². The summed E-state index contributed by atoms with van der Waals surface area (Å²) in [7, 11) is 6.71. The van der Waals surface area contributed by atoms with Crippen molar-refractivity contribution >= 4 is 5.96 Å². The normalized spacial score (nSPS) is 12.7. The van der Waals surface area contributed by atoms with E-state index >= 15 is 0 Å². The second kappa shape index (κ2) is 10.2. The lowest BCUT2D eigenvalue weighted by atomic mass is 10.2. The van der Waals surface area contributed by atoms with Crippen molar-refractivity contribution < 1.29 is 17.9 Å². The zero-order chi connectivity index (χ0) is 18.9. The highest BCUT2D eigenvalue weighted by atomic mass is 19.4. The van der Waals surface area contributed by atoms with Crippen LogP contribution in [0, 0.1) is 0 Å². The summed E-state index contributed by atoms with van der Waals surface area (Å²) in [5.74, 6) is 0.447. The van der Waals surface area contributed by atoms with Crippen molar-refractivity contribution in [2.45, 2.75) is 19.1 Å². The molecule has 0 atom stereocenters. The molecule has 0 fully saturated rings. The van der Waals surface area contributed by atoms with Gasteiger partial charge in [0.2, 0.25) is 0 Å². The lowest BCUT2D eigenvalue weighted by Gasteiger charge is -2.18. The number of alkyl halides is 3. The zero-order valence-corrected chi connectivity index (χ0v) is 15.2. The van der Waals surface area contributed by atoms with E-state index in [4.69, 9.17) is 4.74 Å². The summed E-state index contributed by atoms with van der Waals surface area (Å²) in [6.07, 6.45) is -2.17. The minimum Gasteiger partial charge on any atom is -0.385 e. The number of nitrogens with zero attached hydrogens (tertiary/aromatic N) is 4. The number of hydrogen-bond donors (Lipinski definition) is 2. The Morgan fingerprint density at radius 1 is 1.36 bits per heavy atom. The molecule has 1 rings (SSSR count). The summed E-state index contributed by atoms with van der Waals surface area (Å²) >= 11 is 0. The van der Waals surface area contributed by atoms with Gasteiger partial charge in [-0.1, -0.05) is 0 Å². The second-order valence-electron chi connectivity index (χ2n) is 5.68. The first kappa shape index (κ1) is 21.2. The first-order valence-corrected chi connectivity index (χ1v) is 7.99. The molecule has 0 saturated heterocycles. The number of nitrogens with one attached hydrogen (secondary N) is 2. The maximum Gasteiger partial charge on any atom is 0.435 e. The number of likely N-dealkylation sites (N-methyl/N-ethyl adjacent to an activating group) is 1. The molecular formula is C15H27F3N6O. The average molecular weight is 364 g/mol. The quantitative estimate of drug-likeness (QED) is 0.390. The van der Waals surface area contributed by atoms with Gasteiger partial charge in [0, 0.05) is 65.8 Å². The average Bonchev–Trinajstić information content (AvgIpc) is 2.92. The molecule has 2 N–H and O–H groups in total. The van der Waals surface area contributed by atoms with Crippen LogP contribution in [0.5, 0.6) is 0 Å². The zero-order valence-electron chi connectivity index (χ0n) is 15.2. The number of hydrogen-bond acceptors (Lipinski definition) is 4. The molecule has 0 saturated carbocycles. The third-order valence-electron chi connectivity index (χ3n) is 3.52. The molecule has 7 nitrogen and oxygen atoms in total. The first-order valence-electron chi connectivity index (χ1n) is 7.99. The molecule has 0 spiro atoms. The molecule has 0 unspecified atom stereocenters. The summed E-state index contributed by atoms with van der Waals surface area (Å²) in [4.78, 5) is 6.16. The smallest absolute Gasteiger partial charge is 0.385 e. The van der Waals surface area contributed by atoms with E-state index in [1.807, 2.05) is 7.05 Å². The van der Waals surface area contributed by atoms with E-state index in [0.29, 0.717) is 19.1 Å². The van der Waals surface area contributed by atoms with E-state index < -0.39 is 11.9 Å². The number of aryl methyl sites for hydroxylation is 1. The highest BCUT2D eigenvalue weighted by Crippen LogP contribution is 2.30. The number of aromatic nitrogens is 2. The summed E-state index contributed by atoms with van der Waals surface area (Å²) in [6, 6.07) is 0. The van der Waals surface area contributed by atoms with Gasteiger partial charge in [-0.25, -0.2) is 0 Å². The monoisotopic (exact) mass is 364 g/mol. The van der Waals surface area contributed by atoms with Crippen molar-refractivity contribution in [2.24, 2.45) is 12.0 Å².